The van der Waals surface area contributed by atoms with Crippen molar-refractivity contribution in [1.29, 1.82) is 0 Å². The van der Waals surface area contributed by atoms with Crippen LogP contribution in [0.15, 0.2) is 36.7 Å². The molecule has 0 bridgehead atoms. The molecule has 0 unspecified atom stereocenters. The van der Waals surface area contributed by atoms with Crippen molar-refractivity contribution in [3.05, 3.63) is 48.3 Å². The maximum Gasteiger partial charge on any atom is 0.410 e. The molecule has 2 atom stereocenters. The highest BCUT2D eigenvalue weighted by atomic mass is 16.6. The second kappa shape index (κ2) is 10.6. The van der Waals surface area contributed by atoms with Crippen molar-refractivity contribution >= 4 is 12.2 Å². The van der Waals surface area contributed by atoms with Crippen LogP contribution in [0, 0.1) is 0 Å². The summed E-state index contributed by atoms with van der Waals surface area (Å²) in [6.07, 6.45) is 6.55. The first-order valence-electron chi connectivity index (χ1n) is 14.1. The molecule has 214 valence electrons. The van der Waals surface area contributed by atoms with Crippen molar-refractivity contribution < 1.29 is 19.1 Å². The van der Waals surface area contributed by atoms with E-state index in [0.717, 1.165) is 59.8 Å². The van der Waals surface area contributed by atoms with Gasteiger partial charge in [0, 0.05) is 13.1 Å². The van der Waals surface area contributed by atoms with Crippen LogP contribution in [0.3, 0.4) is 0 Å². The number of aromatic nitrogens is 4. The lowest BCUT2D eigenvalue weighted by molar-refractivity contribution is 0.0208. The fourth-order valence-corrected chi connectivity index (χ4v) is 5.31. The summed E-state index contributed by atoms with van der Waals surface area (Å²) >= 11 is 0. The normalized spacial score (nSPS) is 19.8. The zero-order valence-corrected chi connectivity index (χ0v) is 24.3. The summed E-state index contributed by atoms with van der Waals surface area (Å²) in [6.45, 7) is 12.6. The summed E-state index contributed by atoms with van der Waals surface area (Å²) < 4.78 is 11.2. The summed E-state index contributed by atoms with van der Waals surface area (Å²) in [5.41, 5.74) is 2.70. The molecule has 4 heterocycles. The number of carbonyl (C=O) groups is 2. The van der Waals surface area contributed by atoms with Gasteiger partial charge in [0.15, 0.2) is 0 Å². The molecule has 5 rings (SSSR count). The number of likely N-dealkylation sites (tertiary alicyclic amines) is 2. The maximum atomic E-state index is 12.7. The summed E-state index contributed by atoms with van der Waals surface area (Å²) in [5.74, 6) is 1.54. The highest BCUT2D eigenvalue weighted by molar-refractivity contribution is 5.70. The Balaban J connectivity index is 1.27. The van der Waals surface area contributed by atoms with Gasteiger partial charge in [0.1, 0.15) is 22.9 Å². The molecule has 2 saturated heterocycles. The van der Waals surface area contributed by atoms with E-state index in [1.54, 1.807) is 9.80 Å². The first kappa shape index (κ1) is 27.7. The molecule has 2 aromatic heterocycles. The lowest BCUT2D eigenvalue weighted by Gasteiger charge is -2.27. The number of imidazole rings is 2. The Kier molecular flexibility index (Phi) is 7.37. The minimum absolute atomic E-state index is 0.123. The largest absolute Gasteiger partial charge is 0.444 e. The number of aromatic amines is 2. The Hall–Kier alpha value is -3.82. The Morgan fingerprint density at radius 3 is 1.45 bits per heavy atom. The Morgan fingerprint density at radius 1 is 0.725 bits per heavy atom. The number of benzene rings is 1. The van der Waals surface area contributed by atoms with Crippen LogP contribution >= 0.6 is 0 Å². The van der Waals surface area contributed by atoms with E-state index in [9.17, 15) is 9.59 Å². The van der Waals surface area contributed by atoms with Gasteiger partial charge in [-0.25, -0.2) is 19.6 Å². The highest BCUT2D eigenvalue weighted by Gasteiger charge is 2.36. The van der Waals surface area contributed by atoms with Crippen molar-refractivity contribution in [2.75, 3.05) is 13.1 Å². The van der Waals surface area contributed by atoms with Gasteiger partial charge in [0.25, 0.3) is 0 Å². The van der Waals surface area contributed by atoms with E-state index in [1.807, 2.05) is 78.2 Å². The third kappa shape index (κ3) is 6.16. The zero-order chi connectivity index (χ0) is 28.7. The van der Waals surface area contributed by atoms with Crippen LogP contribution in [0.1, 0.15) is 91.0 Å². The van der Waals surface area contributed by atoms with Gasteiger partial charge in [-0.2, -0.15) is 0 Å². The van der Waals surface area contributed by atoms with E-state index in [1.165, 1.54) is 0 Å². The van der Waals surface area contributed by atoms with Crippen LogP contribution in [0.25, 0.3) is 22.5 Å². The summed E-state index contributed by atoms with van der Waals surface area (Å²) in [7, 11) is 0. The third-order valence-electron chi connectivity index (χ3n) is 7.09. The van der Waals surface area contributed by atoms with Gasteiger partial charge in [0.05, 0.1) is 35.9 Å². The first-order chi connectivity index (χ1) is 18.9. The molecule has 2 aliphatic heterocycles. The smallest absolute Gasteiger partial charge is 0.410 e. The number of H-pyrrole nitrogens is 2. The van der Waals surface area contributed by atoms with Crippen molar-refractivity contribution in [2.45, 2.75) is 90.5 Å². The van der Waals surface area contributed by atoms with Crippen LogP contribution in [-0.4, -0.2) is 66.2 Å². The van der Waals surface area contributed by atoms with Gasteiger partial charge in [-0.15, -0.1) is 0 Å². The second-order valence-electron chi connectivity index (χ2n) is 12.6. The Morgan fingerprint density at radius 2 is 1.10 bits per heavy atom. The monoisotopic (exact) mass is 548 g/mol. The van der Waals surface area contributed by atoms with Crippen LogP contribution in [-0.2, 0) is 9.47 Å². The van der Waals surface area contributed by atoms with E-state index in [2.05, 4.69) is 19.9 Å². The van der Waals surface area contributed by atoms with Gasteiger partial charge in [-0.3, -0.25) is 9.80 Å². The number of nitrogens with one attached hydrogen (secondary N) is 2. The molecule has 0 radical (unpaired) electrons. The predicted octanol–water partition coefficient (Wildman–Crippen LogP) is 6.61. The van der Waals surface area contributed by atoms with Crippen LogP contribution in [0.2, 0.25) is 0 Å². The fraction of sp³-hybridized carbons (Fsp3) is 0.533. The zero-order valence-electron chi connectivity index (χ0n) is 24.3. The summed E-state index contributed by atoms with van der Waals surface area (Å²) in [6, 6.07) is 7.90. The molecule has 2 aliphatic rings. The SMILES string of the molecule is CC(C)(C)OC(=O)N1CCC[C@H]1c1ncc(-c2ccc(-c3cnc([C@@H]4CCCN4C(=O)OC(C)(C)C)[nH]3)cc2)[nH]1. The number of ether oxygens (including phenoxy) is 2. The predicted molar refractivity (Wildman–Crippen MR) is 151 cm³/mol. The van der Waals surface area contributed by atoms with Crippen LogP contribution in [0.4, 0.5) is 9.59 Å². The summed E-state index contributed by atoms with van der Waals surface area (Å²) in [5, 5.41) is 0. The second-order valence-corrected chi connectivity index (χ2v) is 12.6. The number of amides is 2. The molecular weight excluding hydrogens is 508 g/mol. The number of rotatable bonds is 4. The lowest BCUT2D eigenvalue weighted by atomic mass is 10.1. The van der Waals surface area contributed by atoms with Crippen LogP contribution < -0.4 is 0 Å². The van der Waals surface area contributed by atoms with E-state index < -0.39 is 11.2 Å². The molecular formula is C30H40N6O4. The number of nitrogens with zero attached hydrogens (tertiary/aromatic N) is 4. The van der Waals surface area contributed by atoms with Gasteiger partial charge in [-0.1, -0.05) is 24.3 Å². The quantitative estimate of drug-likeness (QED) is 0.379. The molecule has 3 aromatic rings. The van der Waals surface area contributed by atoms with E-state index in [4.69, 9.17) is 9.47 Å². The molecule has 2 amide bonds. The summed E-state index contributed by atoms with van der Waals surface area (Å²) in [4.78, 5) is 45.0. The lowest BCUT2D eigenvalue weighted by Crippen LogP contribution is -2.36. The maximum absolute atomic E-state index is 12.7. The average Bonchev–Trinajstić information content (AvgIpc) is 3.67. The molecule has 0 spiro atoms. The van der Waals surface area contributed by atoms with Crippen molar-refractivity contribution in [3.63, 3.8) is 0 Å². The Labute approximate surface area is 235 Å². The molecule has 0 saturated carbocycles. The van der Waals surface area contributed by atoms with Gasteiger partial charge < -0.3 is 19.4 Å². The number of carbonyl (C=O) groups excluding carboxylic acids is 2. The van der Waals surface area contributed by atoms with Crippen molar-refractivity contribution in [2.24, 2.45) is 0 Å². The van der Waals surface area contributed by atoms with Gasteiger partial charge in [0.2, 0.25) is 0 Å². The molecule has 10 heteroatoms. The van der Waals surface area contributed by atoms with Crippen LogP contribution in [0.5, 0.6) is 0 Å². The topological polar surface area (TPSA) is 116 Å². The van der Waals surface area contributed by atoms with Crippen molar-refractivity contribution in [1.82, 2.24) is 29.7 Å². The highest BCUT2D eigenvalue weighted by Crippen LogP contribution is 2.35. The van der Waals surface area contributed by atoms with E-state index >= 15 is 0 Å². The first-order valence-corrected chi connectivity index (χ1v) is 14.1. The van der Waals surface area contributed by atoms with Gasteiger partial charge >= 0.3 is 12.2 Å². The molecule has 0 aliphatic carbocycles. The molecule has 40 heavy (non-hydrogen) atoms. The van der Waals surface area contributed by atoms with Gasteiger partial charge in [-0.05, 0) is 78.4 Å². The minimum atomic E-state index is -0.537. The molecule has 1 aromatic carbocycles. The Bertz CT molecular complexity index is 1240. The third-order valence-corrected chi connectivity index (χ3v) is 7.09. The number of hydrogen-bond acceptors (Lipinski definition) is 6. The molecule has 2 fully saturated rings. The van der Waals surface area contributed by atoms with Crippen molar-refractivity contribution in [3.8, 4) is 22.5 Å². The van der Waals surface area contributed by atoms with E-state index in [-0.39, 0.29) is 24.3 Å². The number of hydrogen-bond donors (Lipinski definition) is 2. The van der Waals surface area contributed by atoms with E-state index in [0.29, 0.717) is 13.1 Å². The fourth-order valence-electron chi connectivity index (χ4n) is 5.31. The minimum Gasteiger partial charge on any atom is -0.444 e. The average molecular weight is 549 g/mol. The molecule has 10 nitrogen and oxygen atoms in total. The molecule has 2 N–H and O–H groups in total. The standard InChI is InChI=1S/C30H40N6O4/c1-29(2,3)39-27(37)35-15-7-9-23(35)25-31-17-21(33-25)19-11-13-20(14-12-19)22-18-32-26(34-22)24-10-8-16-36(24)28(38)40-30(4,5)6/h11-14,17-18,23-24H,7-10,15-16H2,1-6H3,(H,31,33)(H,32,34)/t23-,24-/m0/s1.